The van der Waals surface area contributed by atoms with E-state index in [9.17, 15) is 0 Å². The lowest BCUT2D eigenvalue weighted by molar-refractivity contribution is 0.202. The van der Waals surface area contributed by atoms with Crippen molar-refractivity contribution >= 4 is 0 Å². The van der Waals surface area contributed by atoms with Gasteiger partial charge >= 0.3 is 0 Å². The van der Waals surface area contributed by atoms with Gasteiger partial charge in [0.25, 0.3) is 0 Å². The number of nitrogens with zero attached hydrogens (tertiary/aromatic N) is 1. The molecule has 1 heteroatoms. The first-order chi connectivity index (χ1) is 6.05. The molecule has 0 spiro atoms. The zero-order valence-corrected chi connectivity index (χ0v) is 9.77. The predicted octanol–water partition coefficient (Wildman–Crippen LogP) is 3.30. The van der Waals surface area contributed by atoms with Gasteiger partial charge in [-0.05, 0) is 51.1 Å². The van der Waals surface area contributed by atoms with Crippen LogP contribution in [0.3, 0.4) is 0 Å². The van der Waals surface area contributed by atoms with Crippen molar-refractivity contribution in [3.05, 3.63) is 0 Å². The maximum atomic E-state index is 2.66. The van der Waals surface area contributed by atoms with E-state index in [1.165, 1.54) is 38.8 Å². The van der Waals surface area contributed by atoms with Crippen LogP contribution in [0, 0.1) is 5.41 Å². The van der Waals surface area contributed by atoms with E-state index in [0.717, 1.165) is 6.04 Å². The van der Waals surface area contributed by atoms with Gasteiger partial charge in [0.05, 0.1) is 0 Å². The lowest BCUT2D eigenvalue weighted by atomic mass is 9.85. The minimum absolute atomic E-state index is 0.586. The van der Waals surface area contributed by atoms with Crippen LogP contribution in [0.2, 0.25) is 0 Å². The molecule has 0 amide bonds. The Morgan fingerprint density at radius 1 is 1.23 bits per heavy atom. The van der Waals surface area contributed by atoms with Crippen LogP contribution in [-0.2, 0) is 0 Å². The van der Waals surface area contributed by atoms with Crippen molar-refractivity contribution in [1.29, 1.82) is 0 Å². The molecule has 1 fully saturated rings. The molecule has 0 aromatic rings. The van der Waals surface area contributed by atoms with Crippen molar-refractivity contribution in [1.82, 2.24) is 4.90 Å². The first kappa shape index (κ1) is 11.0. The second kappa shape index (κ2) is 4.45. The van der Waals surface area contributed by atoms with Gasteiger partial charge in [0.1, 0.15) is 0 Å². The van der Waals surface area contributed by atoms with Crippen LogP contribution in [0.4, 0.5) is 0 Å². The van der Waals surface area contributed by atoms with Crippen LogP contribution < -0.4 is 0 Å². The summed E-state index contributed by atoms with van der Waals surface area (Å²) in [4.78, 5) is 2.66. The van der Waals surface area contributed by atoms with E-state index in [1.807, 2.05) is 0 Å². The van der Waals surface area contributed by atoms with E-state index >= 15 is 0 Å². The third kappa shape index (κ3) is 3.30. The standard InChI is InChI=1S/C12H25N/c1-5-11(2)13-9-6-7-12(3,4)8-10-13/h11H,5-10H2,1-4H3. The van der Waals surface area contributed by atoms with Gasteiger partial charge in [-0.15, -0.1) is 0 Å². The Bertz CT molecular complexity index is 151. The monoisotopic (exact) mass is 183 g/mol. The lowest BCUT2D eigenvalue weighted by Gasteiger charge is -2.27. The summed E-state index contributed by atoms with van der Waals surface area (Å²) in [6.45, 7) is 12.1. The van der Waals surface area contributed by atoms with Crippen molar-refractivity contribution < 1.29 is 0 Å². The second-order valence-electron chi connectivity index (χ2n) is 5.31. The van der Waals surface area contributed by atoms with Crippen molar-refractivity contribution in [2.45, 2.75) is 59.4 Å². The minimum Gasteiger partial charge on any atom is -0.301 e. The van der Waals surface area contributed by atoms with E-state index in [1.54, 1.807) is 0 Å². The van der Waals surface area contributed by atoms with E-state index in [0.29, 0.717) is 5.41 Å². The topological polar surface area (TPSA) is 3.24 Å². The highest BCUT2D eigenvalue weighted by Gasteiger charge is 2.24. The molecule has 1 atom stereocenters. The molecule has 1 rings (SSSR count). The highest BCUT2D eigenvalue weighted by molar-refractivity contribution is 4.78. The summed E-state index contributed by atoms with van der Waals surface area (Å²) in [6.07, 6.45) is 5.45. The lowest BCUT2D eigenvalue weighted by Crippen LogP contribution is -2.33. The van der Waals surface area contributed by atoms with Crippen LogP contribution in [0.1, 0.15) is 53.4 Å². The zero-order chi connectivity index (χ0) is 9.90. The van der Waals surface area contributed by atoms with Crippen molar-refractivity contribution in [2.75, 3.05) is 13.1 Å². The van der Waals surface area contributed by atoms with Crippen LogP contribution in [0.5, 0.6) is 0 Å². The number of rotatable bonds is 2. The molecule has 0 saturated carbocycles. The smallest absolute Gasteiger partial charge is 0.00643 e. The molecule has 0 aromatic heterocycles. The van der Waals surface area contributed by atoms with E-state index < -0.39 is 0 Å². The number of hydrogen-bond acceptors (Lipinski definition) is 1. The van der Waals surface area contributed by atoms with Crippen LogP contribution >= 0.6 is 0 Å². The third-order valence-electron chi connectivity index (χ3n) is 3.59. The Kier molecular flexibility index (Phi) is 3.78. The maximum absolute atomic E-state index is 2.66. The second-order valence-corrected chi connectivity index (χ2v) is 5.31. The molecule has 1 nitrogen and oxygen atoms in total. The summed E-state index contributed by atoms with van der Waals surface area (Å²) in [5.74, 6) is 0. The molecule has 1 saturated heterocycles. The van der Waals surface area contributed by atoms with Gasteiger partial charge in [-0.25, -0.2) is 0 Å². The van der Waals surface area contributed by atoms with Crippen LogP contribution in [0.15, 0.2) is 0 Å². The van der Waals surface area contributed by atoms with Gasteiger partial charge in [-0.3, -0.25) is 0 Å². The summed E-state index contributed by atoms with van der Waals surface area (Å²) in [7, 11) is 0. The molecule has 0 N–H and O–H groups in total. The van der Waals surface area contributed by atoms with Crippen molar-refractivity contribution in [3.8, 4) is 0 Å². The normalized spacial score (nSPS) is 26.8. The van der Waals surface area contributed by atoms with Crippen LogP contribution in [-0.4, -0.2) is 24.0 Å². The van der Waals surface area contributed by atoms with E-state index in [-0.39, 0.29) is 0 Å². The summed E-state index contributed by atoms with van der Waals surface area (Å²) in [6, 6.07) is 0.786. The first-order valence-corrected chi connectivity index (χ1v) is 5.79. The summed E-state index contributed by atoms with van der Waals surface area (Å²) in [5.41, 5.74) is 0.586. The third-order valence-corrected chi connectivity index (χ3v) is 3.59. The fourth-order valence-corrected chi connectivity index (χ4v) is 2.14. The van der Waals surface area contributed by atoms with Crippen molar-refractivity contribution in [2.24, 2.45) is 5.41 Å². The predicted molar refractivity (Wildman–Crippen MR) is 59.0 cm³/mol. The molecular weight excluding hydrogens is 158 g/mol. The molecule has 1 aliphatic heterocycles. The molecule has 13 heavy (non-hydrogen) atoms. The molecule has 1 unspecified atom stereocenters. The molecule has 1 heterocycles. The molecular formula is C12H25N. The Morgan fingerprint density at radius 2 is 1.92 bits per heavy atom. The van der Waals surface area contributed by atoms with E-state index in [2.05, 4.69) is 32.6 Å². The Hall–Kier alpha value is -0.0400. The quantitative estimate of drug-likeness (QED) is 0.635. The minimum atomic E-state index is 0.586. The van der Waals surface area contributed by atoms with Crippen molar-refractivity contribution in [3.63, 3.8) is 0 Å². The van der Waals surface area contributed by atoms with Gasteiger partial charge < -0.3 is 4.90 Å². The van der Waals surface area contributed by atoms with Gasteiger partial charge in [0.2, 0.25) is 0 Å². The Balaban J connectivity index is 2.45. The number of likely N-dealkylation sites (tertiary alicyclic amines) is 1. The zero-order valence-electron chi connectivity index (χ0n) is 9.77. The Morgan fingerprint density at radius 3 is 2.54 bits per heavy atom. The molecule has 0 aliphatic carbocycles. The van der Waals surface area contributed by atoms with Gasteiger partial charge in [-0.2, -0.15) is 0 Å². The van der Waals surface area contributed by atoms with Gasteiger partial charge in [-0.1, -0.05) is 20.8 Å². The highest BCUT2D eigenvalue weighted by atomic mass is 15.1. The van der Waals surface area contributed by atoms with Crippen LogP contribution in [0.25, 0.3) is 0 Å². The average Bonchev–Trinajstić information content (AvgIpc) is 2.25. The molecule has 0 aromatic carbocycles. The summed E-state index contributed by atoms with van der Waals surface area (Å²) < 4.78 is 0. The largest absolute Gasteiger partial charge is 0.301 e. The van der Waals surface area contributed by atoms with Gasteiger partial charge in [0.15, 0.2) is 0 Å². The van der Waals surface area contributed by atoms with Gasteiger partial charge in [0, 0.05) is 6.04 Å². The first-order valence-electron chi connectivity index (χ1n) is 5.79. The molecule has 1 aliphatic rings. The average molecular weight is 183 g/mol. The number of hydrogen-bond donors (Lipinski definition) is 0. The molecule has 0 bridgehead atoms. The van der Waals surface area contributed by atoms with E-state index in [4.69, 9.17) is 0 Å². The molecule has 0 radical (unpaired) electrons. The maximum Gasteiger partial charge on any atom is 0.00643 e. The Labute approximate surface area is 83.5 Å². The molecule has 78 valence electrons. The fourth-order valence-electron chi connectivity index (χ4n) is 2.14. The summed E-state index contributed by atoms with van der Waals surface area (Å²) in [5, 5.41) is 0. The highest BCUT2D eigenvalue weighted by Crippen LogP contribution is 2.30. The fraction of sp³-hybridized carbons (Fsp3) is 1.00. The SMILES string of the molecule is CCC(C)N1CCCC(C)(C)CC1. The summed E-state index contributed by atoms with van der Waals surface area (Å²) >= 11 is 0.